The molecule has 0 N–H and O–H groups in total. The van der Waals surface area contributed by atoms with E-state index in [4.69, 9.17) is 4.74 Å². The number of rotatable bonds is 8. The van der Waals surface area contributed by atoms with Gasteiger partial charge < -0.3 is 14.5 Å². The third-order valence-electron chi connectivity index (χ3n) is 4.30. The van der Waals surface area contributed by atoms with E-state index in [0.29, 0.717) is 17.8 Å². The van der Waals surface area contributed by atoms with Crippen molar-refractivity contribution in [3.63, 3.8) is 0 Å². The summed E-state index contributed by atoms with van der Waals surface area (Å²) >= 11 is 0. The third kappa shape index (κ3) is 5.19. The maximum absolute atomic E-state index is 12.8. The molecule has 148 valence electrons. The molecule has 0 saturated carbocycles. The molecule has 0 bridgehead atoms. The Morgan fingerprint density at radius 3 is 2.14 bits per heavy atom. The summed E-state index contributed by atoms with van der Waals surface area (Å²) in [6, 6.07) is 16.2. The van der Waals surface area contributed by atoms with Crippen LogP contribution in [0.1, 0.15) is 37.6 Å². The van der Waals surface area contributed by atoms with Crippen molar-refractivity contribution in [1.29, 1.82) is 0 Å². The van der Waals surface area contributed by atoms with E-state index in [1.807, 2.05) is 37.3 Å². The first-order valence-electron chi connectivity index (χ1n) is 9.39. The van der Waals surface area contributed by atoms with Crippen molar-refractivity contribution < 1.29 is 19.1 Å². The number of anilines is 2. The van der Waals surface area contributed by atoms with Crippen LogP contribution < -0.4 is 9.80 Å². The fraction of sp³-hybridized carbons (Fsp3) is 0.318. The van der Waals surface area contributed by atoms with Crippen LogP contribution in [0.3, 0.4) is 0 Å². The lowest BCUT2D eigenvalue weighted by Crippen LogP contribution is -2.37. The first kappa shape index (κ1) is 21.2. The molecule has 0 heterocycles. The van der Waals surface area contributed by atoms with Crippen molar-refractivity contribution >= 4 is 29.2 Å². The molecule has 2 aromatic carbocycles. The topological polar surface area (TPSA) is 66.9 Å². The molecule has 6 heteroatoms. The number of ether oxygens (including phenoxy) is 1. The van der Waals surface area contributed by atoms with Gasteiger partial charge in [-0.2, -0.15) is 0 Å². The number of amides is 2. The number of para-hydroxylation sites is 2. The van der Waals surface area contributed by atoms with Crippen LogP contribution >= 0.6 is 0 Å². The molecule has 0 aliphatic heterocycles. The van der Waals surface area contributed by atoms with Gasteiger partial charge in [-0.1, -0.05) is 30.3 Å². The molecule has 0 aromatic heterocycles. The Bertz CT molecular complexity index is 820. The molecule has 6 nitrogen and oxygen atoms in total. The fourth-order valence-corrected chi connectivity index (χ4v) is 2.99. The number of hydrogen-bond donors (Lipinski definition) is 0. The van der Waals surface area contributed by atoms with Gasteiger partial charge in [0.1, 0.15) is 0 Å². The van der Waals surface area contributed by atoms with Crippen LogP contribution in [0.5, 0.6) is 0 Å². The van der Waals surface area contributed by atoms with Crippen LogP contribution in [0.4, 0.5) is 11.4 Å². The van der Waals surface area contributed by atoms with E-state index in [9.17, 15) is 14.4 Å². The smallest absolute Gasteiger partial charge is 0.340 e. The van der Waals surface area contributed by atoms with Crippen molar-refractivity contribution in [2.75, 3.05) is 29.5 Å². The summed E-state index contributed by atoms with van der Waals surface area (Å²) < 4.78 is 5.09. The minimum Gasteiger partial charge on any atom is -0.462 e. The zero-order valence-corrected chi connectivity index (χ0v) is 16.6. The highest BCUT2D eigenvalue weighted by Gasteiger charge is 2.22. The Labute approximate surface area is 165 Å². The first-order valence-corrected chi connectivity index (χ1v) is 9.39. The number of carbonyl (C=O) groups excluding carboxylic acids is 3. The number of benzene rings is 2. The van der Waals surface area contributed by atoms with E-state index in [1.54, 1.807) is 36.1 Å². The van der Waals surface area contributed by atoms with Crippen molar-refractivity contribution in [2.45, 2.75) is 27.2 Å². The van der Waals surface area contributed by atoms with Crippen molar-refractivity contribution in [2.24, 2.45) is 0 Å². The van der Waals surface area contributed by atoms with Crippen molar-refractivity contribution in [1.82, 2.24) is 0 Å². The van der Waals surface area contributed by atoms with Gasteiger partial charge >= 0.3 is 5.97 Å². The van der Waals surface area contributed by atoms with Gasteiger partial charge in [0.15, 0.2) is 0 Å². The third-order valence-corrected chi connectivity index (χ3v) is 4.30. The van der Waals surface area contributed by atoms with Gasteiger partial charge in [-0.05, 0) is 38.1 Å². The van der Waals surface area contributed by atoms with E-state index in [2.05, 4.69) is 0 Å². The normalized spacial score (nSPS) is 10.2. The van der Waals surface area contributed by atoms with Crippen molar-refractivity contribution in [3.05, 3.63) is 60.2 Å². The summed E-state index contributed by atoms with van der Waals surface area (Å²) in [7, 11) is 0. The summed E-state index contributed by atoms with van der Waals surface area (Å²) in [6.45, 7) is 6.00. The summed E-state index contributed by atoms with van der Waals surface area (Å²) in [5.41, 5.74) is 1.57. The largest absolute Gasteiger partial charge is 0.462 e. The van der Waals surface area contributed by atoms with Crippen LogP contribution in [0.25, 0.3) is 0 Å². The lowest BCUT2D eigenvalue weighted by molar-refractivity contribution is -0.118. The average Bonchev–Trinajstić information content (AvgIpc) is 2.70. The second-order valence-electron chi connectivity index (χ2n) is 6.13. The lowest BCUT2D eigenvalue weighted by atomic mass is 10.1. The summed E-state index contributed by atoms with van der Waals surface area (Å²) in [5, 5.41) is 0. The van der Waals surface area contributed by atoms with Gasteiger partial charge in [0.2, 0.25) is 11.8 Å². The van der Waals surface area contributed by atoms with Gasteiger partial charge in [-0.15, -0.1) is 0 Å². The maximum Gasteiger partial charge on any atom is 0.340 e. The van der Waals surface area contributed by atoms with Crippen LogP contribution in [0.2, 0.25) is 0 Å². The van der Waals surface area contributed by atoms with Gasteiger partial charge in [0.25, 0.3) is 0 Å². The number of carbonyl (C=O) groups is 3. The summed E-state index contributed by atoms with van der Waals surface area (Å²) in [5.74, 6) is -0.823. The van der Waals surface area contributed by atoms with E-state index in [-0.39, 0.29) is 31.4 Å². The van der Waals surface area contributed by atoms with Crippen LogP contribution in [0, 0.1) is 0 Å². The standard InChI is InChI=1S/C22H26N2O4/c1-4-23(18-11-7-6-8-12-18)21(26)15-16-24(17(3)25)20-14-10-9-13-19(20)22(27)28-5-2/h6-14H,4-5,15-16H2,1-3H3. The van der Waals surface area contributed by atoms with E-state index in [0.717, 1.165) is 5.69 Å². The Kier molecular flexibility index (Phi) is 7.75. The molecule has 0 aliphatic carbocycles. The fourth-order valence-electron chi connectivity index (χ4n) is 2.99. The monoisotopic (exact) mass is 382 g/mol. The first-order chi connectivity index (χ1) is 13.5. The van der Waals surface area contributed by atoms with Crippen molar-refractivity contribution in [3.8, 4) is 0 Å². The molecular weight excluding hydrogens is 356 g/mol. The van der Waals surface area contributed by atoms with Gasteiger partial charge in [-0.3, -0.25) is 9.59 Å². The number of nitrogens with zero attached hydrogens (tertiary/aromatic N) is 2. The predicted octanol–water partition coefficient (Wildman–Crippen LogP) is 3.66. The molecule has 0 fully saturated rings. The Hall–Kier alpha value is -3.15. The predicted molar refractivity (Wildman–Crippen MR) is 110 cm³/mol. The van der Waals surface area contributed by atoms with Gasteiger partial charge in [0, 0.05) is 32.1 Å². The molecular formula is C22H26N2O4. The molecule has 0 spiro atoms. The minimum atomic E-state index is -0.491. The number of esters is 1. The molecule has 0 radical (unpaired) electrons. The maximum atomic E-state index is 12.8. The van der Waals surface area contributed by atoms with Gasteiger partial charge in [-0.25, -0.2) is 4.79 Å². The highest BCUT2D eigenvalue weighted by molar-refractivity contribution is 6.02. The quantitative estimate of drug-likeness (QED) is 0.654. The molecule has 0 unspecified atom stereocenters. The highest BCUT2D eigenvalue weighted by atomic mass is 16.5. The zero-order chi connectivity index (χ0) is 20.5. The average molecular weight is 382 g/mol. The molecule has 2 rings (SSSR count). The second-order valence-corrected chi connectivity index (χ2v) is 6.13. The Balaban J connectivity index is 2.19. The highest BCUT2D eigenvalue weighted by Crippen LogP contribution is 2.23. The minimum absolute atomic E-state index is 0.0893. The molecule has 0 saturated heterocycles. The molecule has 28 heavy (non-hydrogen) atoms. The summed E-state index contributed by atoms with van der Waals surface area (Å²) in [6.07, 6.45) is 0.138. The SMILES string of the molecule is CCOC(=O)c1ccccc1N(CCC(=O)N(CC)c1ccccc1)C(C)=O. The van der Waals surface area contributed by atoms with E-state index < -0.39 is 5.97 Å². The molecule has 0 aliphatic rings. The Morgan fingerprint density at radius 2 is 1.54 bits per heavy atom. The van der Waals surface area contributed by atoms with E-state index >= 15 is 0 Å². The van der Waals surface area contributed by atoms with Crippen LogP contribution in [0.15, 0.2) is 54.6 Å². The number of hydrogen-bond acceptors (Lipinski definition) is 4. The summed E-state index contributed by atoms with van der Waals surface area (Å²) in [4.78, 5) is 40.4. The lowest BCUT2D eigenvalue weighted by Gasteiger charge is -2.26. The van der Waals surface area contributed by atoms with E-state index in [1.165, 1.54) is 11.8 Å². The second kappa shape index (κ2) is 10.3. The van der Waals surface area contributed by atoms with Crippen LogP contribution in [-0.2, 0) is 14.3 Å². The van der Waals surface area contributed by atoms with Crippen LogP contribution in [-0.4, -0.2) is 37.5 Å². The molecule has 0 atom stereocenters. The zero-order valence-electron chi connectivity index (χ0n) is 16.6. The molecule has 2 aromatic rings. The molecule has 2 amide bonds. The van der Waals surface area contributed by atoms with Gasteiger partial charge in [0.05, 0.1) is 17.9 Å². The Morgan fingerprint density at radius 1 is 0.893 bits per heavy atom.